The summed E-state index contributed by atoms with van der Waals surface area (Å²) in [5.74, 6) is -1.08. The van der Waals surface area contributed by atoms with Crippen LogP contribution >= 0.6 is 23.2 Å². The average molecular weight is 343 g/mol. The lowest BCUT2D eigenvalue weighted by atomic mass is 9.88. The van der Waals surface area contributed by atoms with Gasteiger partial charge in [0.15, 0.2) is 11.6 Å². The number of hydrogen-bond acceptors (Lipinski definition) is 2. The van der Waals surface area contributed by atoms with E-state index in [4.69, 9.17) is 23.2 Å². The van der Waals surface area contributed by atoms with Crippen LogP contribution in [-0.4, -0.2) is 11.6 Å². The average Bonchev–Trinajstić information content (AvgIpc) is 3.04. The zero-order valence-electron chi connectivity index (χ0n) is 12.0. The third-order valence-corrected chi connectivity index (χ3v) is 4.38. The SMILES string of the molecule is O=C(C1=CC=CC1C(=O)c1ccccc1Cl)c1ccccc1Cl. The highest BCUT2D eigenvalue weighted by molar-refractivity contribution is 6.36. The van der Waals surface area contributed by atoms with Crippen LogP contribution in [0.2, 0.25) is 10.0 Å². The number of benzene rings is 2. The fourth-order valence-electron chi connectivity index (χ4n) is 2.55. The molecular formula is C19H12Cl2O2. The fraction of sp³-hybridized carbons (Fsp3) is 0.0526. The van der Waals surface area contributed by atoms with Crippen molar-refractivity contribution < 1.29 is 9.59 Å². The van der Waals surface area contributed by atoms with Crippen molar-refractivity contribution in [3.63, 3.8) is 0 Å². The second-order valence-corrected chi connectivity index (χ2v) is 5.95. The molecule has 2 aromatic carbocycles. The second kappa shape index (κ2) is 6.53. The minimum absolute atomic E-state index is 0.198. The topological polar surface area (TPSA) is 34.1 Å². The van der Waals surface area contributed by atoms with Gasteiger partial charge in [0.25, 0.3) is 0 Å². The van der Waals surface area contributed by atoms with E-state index >= 15 is 0 Å². The van der Waals surface area contributed by atoms with Crippen LogP contribution in [0.5, 0.6) is 0 Å². The van der Waals surface area contributed by atoms with Crippen molar-refractivity contribution >= 4 is 34.8 Å². The van der Waals surface area contributed by atoms with E-state index in [1.54, 1.807) is 66.8 Å². The predicted molar refractivity (Wildman–Crippen MR) is 92.3 cm³/mol. The maximum absolute atomic E-state index is 12.7. The molecule has 0 saturated heterocycles. The fourth-order valence-corrected chi connectivity index (χ4v) is 3.00. The lowest BCUT2D eigenvalue weighted by Gasteiger charge is -2.13. The molecule has 2 aromatic rings. The predicted octanol–water partition coefficient (Wildman–Crippen LogP) is 5.17. The molecule has 0 bridgehead atoms. The molecular weight excluding hydrogens is 331 g/mol. The summed E-state index contributed by atoms with van der Waals surface area (Å²) in [5, 5.41) is 0.747. The van der Waals surface area contributed by atoms with E-state index in [9.17, 15) is 9.59 Å². The van der Waals surface area contributed by atoms with E-state index in [-0.39, 0.29) is 11.6 Å². The highest BCUT2D eigenvalue weighted by Crippen LogP contribution is 2.30. The number of carbonyl (C=O) groups is 2. The van der Waals surface area contributed by atoms with Gasteiger partial charge in [0.2, 0.25) is 0 Å². The molecule has 0 saturated carbocycles. The van der Waals surface area contributed by atoms with Gasteiger partial charge in [-0.3, -0.25) is 9.59 Å². The van der Waals surface area contributed by atoms with Crippen molar-refractivity contribution in [3.8, 4) is 0 Å². The Labute approximate surface area is 144 Å². The van der Waals surface area contributed by atoms with E-state index < -0.39 is 5.92 Å². The summed E-state index contributed by atoms with van der Waals surface area (Å²) in [6, 6.07) is 13.6. The van der Waals surface area contributed by atoms with Crippen LogP contribution in [0.25, 0.3) is 0 Å². The minimum atomic E-state index is -0.640. The Bertz CT molecular complexity index is 850. The molecule has 0 aliphatic heterocycles. The Hall–Kier alpha value is -2.16. The molecule has 3 rings (SSSR count). The Morgan fingerprint density at radius 3 is 2.00 bits per heavy atom. The first-order valence-corrected chi connectivity index (χ1v) is 7.81. The van der Waals surface area contributed by atoms with Crippen molar-refractivity contribution in [3.05, 3.63) is 93.5 Å². The van der Waals surface area contributed by atoms with Gasteiger partial charge in [-0.05, 0) is 24.3 Å². The Kier molecular flexibility index (Phi) is 4.46. The molecule has 1 atom stereocenters. The molecule has 23 heavy (non-hydrogen) atoms. The minimum Gasteiger partial charge on any atom is -0.293 e. The van der Waals surface area contributed by atoms with E-state index in [1.807, 2.05) is 0 Å². The van der Waals surface area contributed by atoms with Crippen molar-refractivity contribution in [2.75, 3.05) is 0 Å². The molecule has 0 aromatic heterocycles. The first kappa shape index (κ1) is 15.7. The smallest absolute Gasteiger partial charge is 0.191 e. The summed E-state index contributed by atoms with van der Waals surface area (Å²) in [6.07, 6.45) is 5.07. The van der Waals surface area contributed by atoms with Gasteiger partial charge >= 0.3 is 0 Å². The van der Waals surface area contributed by atoms with Gasteiger partial charge in [-0.2, -0.15) is 0 Å². The molecule has 0 amide bonds. The van der Waals surface area contributed by atoms with Crippen LogP contribution in [0.4, 0.5) is 0 Å². The van der Waals surface area contributed by atoms with Gasteiger partial charge in [0, 0.05) is 16.7 Å². The van der Waals surface area contributed by atoms with Crippen LogP contribution in [0.1, 0.15) is 20.7 Å². The number of ketones is 2. The molecule has 4 heteroatoms. The summed E-state index contributed by atoms with van der Waals surface area (Å²) in [4.78, 5) is 25.5. The zero-order chi connectivity index (χ0) is 16.4. The molecule has 0 N–H and O–H groups in total. The summed E-state index contributed by atoms with van der Waals surface area (Å²) < 4.78 is 0. The Morgan fingerprint density at radius 1 is 0.826 bits per heavy atom. The number of Topliss-reactive ketones (excluding diaryl/α,β-unsaturated/α-hetero) is 2. The molecule has 114 valence electrons. The second-order valence-electron chi connectivity index (χ2n) is 5.14. The number of allylic oxidation sites excluding steroid dienone is 4. The van der Waals surface area contributed by atoms with Crippen molar-refractivity contribution in [1.82, 2.24) is 0 Å². The van der Waals surface area contributed by atoms with Gasteiger partial charge in [-0.15, -0.1) is 0 Å². The molecule has 0 fully saturated rings. The maximum Gasteiger partial charge on any atom is 0.191 e. The molecule has 0 heterocycles. The van der Waals surface area contributed by atoms with Gasteiger partial charge in [0.05, 0.1) is 16.0 Å². The van der Waals surface area contributed by atoms with Crippen LogP contribution in [0.3, 0.4) is 0 Å². The van der Waals surface area contributed by atoms with Crippen LogP contribution in [-0.2, 0) is 0 Å². The van der Waals surface area contributed by atoms with E-state index in [0.717, 1.165) is 0 Å². The third kappa shape index (κ3) is 3.00. The summed E-state index contributed by atoms with van der Waals surface area (Å²) >= 11 is 12.2. The van der Waals surface area contributed by atoms with Gasteiger partial charge in [-0.1, -0.05) is 65.7 Å². The van der Waals surface area contributed by atoms with Crippen molar-refractivity contribution in [1.29, 1.82) is 0 Å². The lowest BCUT2D eigenvalue weighted by Crippen LogP contribution is -2.19. The first-order chi connectivity index (χ1) is 11.1. The monoisotopic (exact) mass is 342 g/mol. The molecule has 1 aliphatic carbocycles. The summed E-state index contributed by atoms with van der Waals surface area (Å²) in [7, 11) is 0. The van der Waals surface area contributed by atoms with Crippen molar-refractivity contribution in [2.24, 2.45) is 5.92 Å². The maximum atomic E-state index is 12.7. The quantitative estimate of drug-likeness (QED) is 0.718. The molecule has 0 radical (unpaired) electrons. The van der Waals surface area contributed by atoms with Crippen LogP contribution in [0, 0.1) is 5.92 Å². The number of hydrogen-bond donors (Lipinski definition) is 0. The standard InChI is InChI=1S/C19H12Cl2O2/c20-16-10-3-1-6-14(16)18(22)12-8-5-9-13(12)19(23)15-7-2-4-11-17(15)21/h1-12H. The normalized spacial score (nSPS) is 16.3. The Balaban J connectivity index is 1.93. The summed E-state index contributed by atoms with van der Waals surface area (Å²) in [5.41, 5.74) is 1.20. The highest BCUT2D eigenvalue weighted by atomic mass is 35.5. The molecule has 1 aliphatic rings. The van der Waals surface area contributed by atoms with Crippen LogP contribution in [0.15, 0.2) is 72.3 Å². The first-order valence-electron chi connectivity index (χ1n) is 7.06. The summed E-state index contributed by atoms with van der Waals surface area (Å²) in [6.45, 7) is 0. The van der Waals surface area contributed by atoms with Crippen molar-refractivity contribution in [2.45, 2.75) is 0 Å². The van der Waals surface area contributed by atoms with E-state index in [0.29, 0.717) is 26.7 Å². The highest BCUT2D eigenvalue weighted by Gasteiger charge is 2.30. The van der Waals surface area contributed by atoms with E-state index in [2.05, 4.69) is 0 Å². The molecule has 0 spiro atoms. The van der Waals surface area contributed by atoms with Gasteiger partial charge in [-0.25, -0.2) is 0 Å². The number of rotatable bonds is 4. The van der Waals surface area contributed by atoms with E-state index in [1.165, 1.54) is 0 Å². The number of halogens is 2. The van der Waals surface area contributed by atoms with Gasteiger partial charge in [0.1, 0.15) is 0 Å². The Morgan fingerprint density at radius 2 is 1.39 bits per heavy atom. The van der Waals surface area contributed by atoms with Gasteiger partial charge < -0.3 is 0 Å². The lowest BCUT2D eigenvalue weighted by molar-refractivity contribution is 0.0930. The number of carbonyl (C=O) groups excluding carboxylic acids is 2. The molecule has 1 unspecified atom stereocenters. The third-order valence-electron chi connectivity index (χ3n) is 3.72. The van der Waals surface area contributed by atoms with Crippen LogP contribution < -0.4 is 0 Å². The molecule has 2 nitrogen and oxygen atoms in total. The largest absolute Gasteiger partial charge is 0.293 e. The zero-order valence-corrected chi connectivity index (χ0v) is 13.5.